The lowest BCUT2D eigenvalue weighted by molar-refractivity contribution is -0.104. The van der Waals surface area contributed by atoms with Crippen LogP contribution >= 0.6 is 175 Å². The van der Waals surface area contributed by atoms with Gasteiger partial charge < -0.3 is 4.90 Å². The largest absolute Gasteiger partial charge is 0.311 e. The molecule has 0 radical (unpaired) electrons. The van der Waals surface area contributed by atoms with Crippen LogP contribution in [0.15, 0.2) is 147 Å². The summed E-state index contributed by atoms with van der Waals surface area (Å²) in [6, 6.07) is 38.5. The van der Waals surface area contributed by atoms with Crippen molar-refractivity contribution in [3.63, 3.8) is 0 Å². The Kier molecular flexibility index (Phi) is 18.7. The van der Waals surface area contributed by atoms with Crippen LogP contribution in [0.4, 0.5) is 17.1 Å². The van der Waals surface area contributed by atoms with E-state index < -0.39 is 0 Å². The second-order valence-electron chi connectivity index (χ2n) is 14.5. The zero-order valence-corrected chi connectivity index (χ0v) is 50.2. The third kappa shape index (κ3) is 11.4. The Balaban J connectivity index is 1.02. The van der Waals surface area contributed by atoms with E-state index in [1.807, 2.05) is 0 Å². The van der Waals surface area contributed by atoms with Gasteiger partial charge in [0.15, 0.2) is 18.9 Å². The molecule has 3 aromatic carbocycles. The Morgan fingerprint density at radius 2 is 0.571 bits per heavy atom. The molecule has 0 unspecified atom stereocenters. The molecular weight excluding hydrogens is 1160 g/mol. The summed E-state index contributed by atoms with van der Waals surface area (Å²) in [6.45, 7) is 0. The van der Waals surface area contributed by atoms with E-state index in [4.69, 9.17) is 0 Å². The molecule has 19 heteroatoms. The fourth-order valence-electron chi connectivity index (χ4n) is 7.20. The molecule has 3 aliphatic rings. The van der Waals surface area contributed by atoms with Crippen molar-refractivity contribution in [3.8, 4) is 31.3 Å². The van der Waals surface area contributed by atoms with Gasteiger partial charge in [-0.2, -0.15) is 0 Å². The van der Waals surface area contributed by atoms with E-state index in [9.17, 15) is 14.4 Å². The molecule has 0 saturated carbocycles. The van der Waals surface area contributed by atoms with E-state index in [-0.39, 0.29) is 0 Å². The first kappa shape index (κ1) is 53.1. The Labute approximate surface area is 472 Å². The number of thioether (sulfide) groups is 12. The van der Waals surface area contributed by atoms with Gasteiger partial charge >= 0.3 is 0 Å². The topological polar surface area (TPSA) is 54.5 Å². The highest BCUT2D eigenvalue weighted by molar-refractivity contribution is 8.42. The minimum atomic E-state index is 0.744. The molecule has 0 amide bonds. The monoisotopic (exact) mass is 1190 g/mol. The van der Waals surface area contributed by atoms with E-state index in [2.05, 4.69) is 152 Å². The standard InChI is InChI=1S/C51H39NO3S15/c1-56-46-47(57-2)66-43(65-46)34(25-53)40-22-19-37(62-40)28-7-13-31(14-8-28)52(32-15-9-29(10-16-32)38-20-23-41(63-38)35(26-54)44-67-48(58-3)49(59-4)68-44)33-17-11-30(12-18-33)39-21-24-42(64-39)36(27-55)45-69-50(60-5)51(61-6)70-45/h7-27H,1-6H3. The van der Waals surface area contributed by atoms with E-state index in [0.717, 1.165) is 111 Å². The molecule has 0 aliphatic carbocycles. The van der Waals surface area contributed by atoms with Gasteiger partial charge in [-0.1, -0.05) is 107 Å². The number of carbonyl (C=O) groups is 3. The number of hydrogen-bond donors (Lipinski definition) is 0. The maximum absolute atomic E-state index is 12.5. The highest BCUT2D eigenvalue weighted by Gasteiger charge is 2.28. The highest BCUT2D eigenvalue weighted by Crippen LogP contribution is 2.61. The van der Waals surface area contributed by atoms with Gasteiger partial charge in [0.05, 0.1) is 54.9 Å². The maximum Gasteiger partial charge on any atom is 0.153 e. The van der Waals surface area contributed by atoms with Crippen LogP contribution in [0.3, 0.4) is 0 Å². The number of hydrogen-bond acceptors (Lipinski definition) is 19. The van der Waals surface area contributed by atoms with Crippen molar-refractivity contribution in [2.24, 2.45) is 0 Å². The van der Waals surface area contributed by atoms with Crippen molar-refractivity contribution in [1.29, 1.82) is 0 Å². The summed E-state index contributed by atoms with van der Waals surface area (Å²) < 4.78 is 10.6. The quantitative estimate of drug-likeness (QED) is 0.0606. The average Bonchev–Trinajstić information content (AvgIpc) is 4.28. The Morgan fingerprint density at radius 1 is 0.343 bits per heavy atom. The third-order valence-electron chi connectivity index (χ3n) is 10.6. The molecule has 0 fully saturated rings. The number of carbonyl (C=O) groups excluding carboxylic acids is 3. The second-order valence-corrected chi connectivity index (χ2v) is 31.1. The van der Waals surface area contributed by atoms with Crippen molar-refractivity contribution in [2.75, 3.05) is 42.4 Å². The van der Waals surface area contributed by atoms with Crippen LogP contribution in [0.1, 0.15) is 14.6 Å². The van der Waals surface area contributed by atoms with Gasteiger partial charge in [-0.3, -0.25) is 14.4 Å². The lowest BCUT2D eigenvalue weighted by Gasteiger charge is -2.26. The first-order valence-corrected chi connectivity index (χ1v) is 35.5. The van der Waals surface area contributed by atoms with Gasteiger partial charge in [0.1, 0.15) is 0 Å². The molecule has 9 rings (SSSR count). The van der Waals surface area contributed by atoms with Crippen molar-refractivity contribution in [1.82, 2.24) is 0 Å². The van der Waals surface area contributed by atoms with Gasteiger partial charge in [0, 0.05) is 46.3 Å². The number of aldehydes is 3. The second kappa shape index (κ2) is 24.7. The molecular formula is C51H39NO3S15. The van der Waals surface area contributed by atoms with Crippen LogP contribution in [0.25, 0.3) is 48.0 Å². The normalized spacial score (nSPS) is 14.9. The van der Waals surface area contributed by atoms with Crippen molar-refractivity contribution in [2.45, 2.75) is 0 Å². The molecule has 356 valence electrons. The van der Waals surface area contributed by atoms with Crippen LogP contribution in [-0.4, -0.2) is 56.4 Å². The Bertz CT molecular complexity index is 2780. The number of benzene rings is 3. The van der Waals surface area contributed by atoms with Crippen LogP contribution in [0, 0.1) is 0 Å². The molecule has 0 N–H and O–H groups in total. The molecule has 0 bridgehead atoms. The molecule has 0 saturated heterocycles. The summed E-state index contributed by atoms with van der Waals surface area (Å²) in [6.07, 6.45) is 15.5. The molecule has 6 heterocycles. The smallest absolute Gasteiger partial charge is 0.153 e. The predicted octanol–water partition coefficient (Wildman–Crippen LogP) is 19.9. The first-order chi connectivity index (χ1) is 34.2. The van der Waals surface area contributed by atoms with E-state index in [1.165, 1.54) is 25.4 Å². The SMILES string of the molecule is CSC1=C(SC)SC(=C(C=O)c2ccc(-c3ccc(N(c4ccc(-c5ccc(C(C=O)=C6SC(SC)=C(SC)S6)s5)cc4)c4ccc(-c5ccc(C(C=O)=C6SC(SC)=C(SC)S6)s5)cc4)cc3)s2)S1. The van der Waals surface area contributed by atoms with E-state index in [1.54, 1.807) is 175 Å². The molecule has 3 aromatic heterocycles. The summed E-state index contributed by atoms with van der Waals surface area (Å²) in [5, 5.41) is 0. The van der Waals surface area contributed by atoms with E-state index >= 15 is 0 Å². The molecule has 0 spiro atoms. The highest BCUT2D eigenvalue weighted by atomic mass is 32.3. The summed E-state index contributed by atoms with van der Waals surface area (Å²) in [5.41, 5.74) is 8.47. The summed E-state index contributed by atoms with van der Waals surface area (Å²) in [7, 11) is 0. The van der Waals surface area contributed by atoms with Gasteiger partial charge in [0.2, 0.25) is 0 Å². The van der Waals surface area contributed by atoms with Crippen LogP contribution in [-0.2, 0) is 14.4 Å². The Morgan fingerprint density at radius 3 is 0.771 bits per heavy atom. The van der Waals surface area contributed by atoms with Gasteiger partial charge in [-0.05, 0) is 127 Å². The summed E-state index contributed by atoms with van der Waals surface area (Å²) in [4.78, 5) is 46.0. The number of nitrogens with zero attached hydrogens (tertiary/aromatic N) is 1. The molecule has 3 aliphatic heterocycles. The van der Waals surface area contributed by atoms with Crippen LogP contribution in [0.5, 0.6) is 0 Å². The molecule has 4 nitrogen and oxygen atoms in total. The van der Waals surface area contributed by atoms with Crippen molar-refractivity contribution >= 4 is 228 Å². The van der Waals surface area contributed by atoms with Crippen LogP contribution < -0.4 is 4.90 Å². The van der Waals surface area contributed by atoms with Gasteiger partial charge in [-0.25, -0.2) is 0 Å². The molecule has 6 aromatic rings. The van der Waals surface area contributed by atoms with Crippen molar-refractivity contribution < 1.29 is 14.4 Å². The van der Waals surface area contributed by atoms with Gasteiger partial charge in [-0.15, -0.1) is 105 Å². The minimum absolute atomic E-state index is 0.744. The zero-order valence-electron chi connectivity index (χ0n) is 37.9. The van der Waals surface area contributed by atoms with Gasteiger partial charge in [0.25, 0.3) is 0 Å². The molecule has 0 atom stereocenters. The first-order valence-electron chi connectivity index (χ1n) is 20.8. The average molecular weight is 1190 g/mol. The third-order valence-corrected chi connectivity index (χ3v) is 29.9. The molecule has 70 heavy (non-hydrogen) atoms. The van der Waals surface area contributed by atoms with Crippen molar-refractivity contribution in [3.05, 3.63) is 162 Å². The van der Waals surface area contributed by atoms with Crippen LogP contribution in [0.2, 0.25) is 0 Å². The predicted molar refractivity (Wildman–Crippen MR) is 338 cm³/mol. The lowest BCUT2D eigenvalue weighted by atomic mass is 10.1. The minimum Gasteiger partial charge on any atom is -0.311 e. The fourth-order valence-corrected chi connectivity index (χ4v) is 25.7. The zero-order chi connectivity index (χ0) is 48.9. The lowest BCUT2D eigenvalue weighted by Crippen LogP contribution is -2.09. The summed E-state index contributed by atoms with van der Waals surface area (Å²) >= 11 is 25.4. The number of rotatable bonds is 18. The fraction of sp³-hybridized carbons (Fsp3) is 0.118. The number of thiophene rings is 3. The summed E-state index contributed by atoms with van der Waals surface area (Å²) in [5.74, 6) is 0. The Hall–Kier alpha value is -1.79. The van der Waals surface area contributed by atoms with E-state index in [0.29, 0.717) is 0 Å². The number of allylic oxidation sites excluding steroid dienone is 3. The number of anilines is 3. The maximum atomic E-state index is 12.5.